The van der Waals surface area contributed by atoms with E-state index in [1.165, 1.54) is 0 Å². The zero-order valence-electron chi connectivity index (χ0n) is 11.3. The standard InChI is InChI=1S/C13H21N3O2/c1-10-8-14-6-7-16(10)9-11-13(18-3)12(17-2)4-5-15-11/h4-5,10,14H,6-9H2,1-3H3/t10-/m1/s1. The fraction of sp³-hybridized carbons (Fsp3) is 0.615. The molecule has 5 heteroatoms. The Bertz CT molecular complexity index is 398. The Hall–Kier alpha value is -1.33. The van der Waals surface area contributed by atoms with Gasteiger partial charge in [0.2, 0.25) is 0 Å². The monoisotopic (exact) mass is 251 g/mol. The van der Waals surface area contributed by atoms with Crippen LogP contribution in [0.25, 0.3) is 0 Å². The zero-order chi connectivity index (χ0) is 13.0. The Labute approximate surface area is 108 Å². The molecule has 1 atom stereocenters. The van der Waals surface area contributed by atoms with E-state index in [4.69, 9.17) is 9.47 Å². The van der Waals surface area contributed by atoms with Crippen LogP contribution in [0.4, 0.5) is 0 Å². The highest BCUT2D eigenvalue weighted by atomic mass is 16.5. The predicted octanol–water partition coefficient (Wildman–Crippen LogP) is 0.892. The first-order chi connectivity index (χ1) is 8.76. The van der Waals surface area contributed by atoms with Gasteiger partial charge in [0.1, 0.15) is 5.69 Å². The average molecular weight is 251 g/mol. The summed E-state index contributed by atoms with van der Waals surface area (Å²) in [6.07, 6.45) is 1.77. The van der Waals surface area contributed by atoms with Crippen molar-refractivity contribution >= 4 is 0 Å². The van der Waals surface area contributed by atoms with E-state index >= 15 is 0 Å². The first-order valence-electron chi connectivity index (χ1n) is 6.27. The molecular weight excluding hydrogens is 230 g/mol. The summed E-state index contributed by atoms with van der Waals surface area (Å²) in [4.78, 5) is 6.82. The van der Waals surface area contributed by atoms with Crippen LogP contribution in [0, 0.1) is 0 Å². The van der Waals surface area contributed by atoms with Crippen LogP contribution in [-0.2, 0) is 6.54 Å². The second kappa shape index (κ2) is 6.02. The predicted molar refractivity (Wildman–Crippen MR) is 70.1 cm³/mol. The maximum absolute atomic E-state index is 5.41. The quantitative estimate of drug-likeness (QED) is 0.861. The Morgan fingerprint density at radius 3 is 2.94 bits per heavy atom. The van der Waals surface area contributed by atoms with Gasteiger partial charge < -0.3 is 14.8 Å². The maximum Gasteiger partial charge on any atom is 0.183 e. The van der Waals surface area contributed by atoms with Crippen LogP contribution in [0.2, 0.25) is 0 Å². The summed E-state index contributed by atoms with van der Waals surface area (Å²) in [5.41, 5.74) is 0.936. The largest absolute Gasteiger partial charge is 0.493 e. The number of aromatic nitrogens is 1. The van der Waals surface area contributed by atoms with Gasteiger partial charge >= 0.3 is 0 Å². The van der Waals surface area contributed by atoms with Gasteiger partial charge in [0.15, 0.2) is 11.5 Å². The van der Waals surface area contributed by atoms with Gasteiger partial charge in [0.05, 0.1) is 14.2 Å². The summed E-state index contributed by atoms with van der Waals surface area (Å²) < 4.78 is 10.7. The SMILES string of the molecule is COc1ccnc(CN2CCNC[C@H]2C)c1OC. The lowest BCUT2D eigenvalue weighted by Gasteiger charge is -2.33. The molecule has 0 bridgehead atoms. The van der Waals surface area contributed by atoms with Crippen molar-refractivity contribution in [2.24, 2.45) is 0 Å². The Morgan fingerprint density at radius 2 is 2.28 bits per heavy atom. The summed E-state index contributed by atoms with van der Waals surface area (Å²) in [5, 5.41) is 3.38. The maximum atomic E-state index is 5.41. The van der Waals surface area contributed by atoms with Crippen molar-refractivity contribution in [3.05, 3.63) is 18.0 Å². The molecule has 1 saturated heterocycles. The second-order valence-corrected chi connectivity index (χ2v) is 4.52. The molecule has 100 valence electrons. The molecule has 1 aromatic rings. The van der Waals surface area contributed by atoms with Crippen molar-refractivity contribution in [3.8, 4) is 11.5 Å². The topological polar surface area (TPSA) is 46.6 Å². The number of nitrogens with zero attached hydrogens (tertiary/aromatic N) is 2. The van der Waals surface area contributed by atoms with Crippen LogP contribution < -0.4 is 14.8 Å². The smallest absolute Gasteiger partial charge is 0.183 e. The first kappa shape index (κ1) is 13.1. The van der Waals surface area contributed by atoms with Crippen molar-refractivity contribution in [1.82, 2.24) is 15.2 Å². The van der Waals surface area contributed by atoms with Crippen LogP contribution in [0.3, 0.4) is 0 Å². The van der Waals surface area contributed by atoms with Gasteiger partial charge in [0.25, 0.3) is 0 Å². The van der Waals surface area contributed by atoms with Gasteiger partial charge in [-0.1, -0.05) is 0 Å². The number of pyridine rings is 1. The van der Waals surface area contributed by atoms with Crippen molar-refractivity contribution in [3.63, 3.8) is 0 Å². The number of nitrogens with one attached hydrogen (secondary N) is 1. The minimum Gasteiger partial charge on any atom is -0.493 e. The lowest BCUT2D eigenvalue weighted by molar-refractivity contribution is 0.161. The van der Waals surface area contributed by atoms with E-state index in [-0.39, 0.29) is 0 Å². The molecule has 0 amide bonds. The molecule has 0 aliphatic carbocycles. The molecule has 2 heterocycles. The highest BCUT2D eigenvalue weighted by Crippen LogP contribution is 2.30. The lowest BCUT2D eigenvalue weighted by Crippen LogP contribution is -2.49. The second-order valence-electron chi connectivity index (χ2n) is 4.52. The van der Waals surface area contributed by atoms with E-state index < -0.39 is 0 Å². The number of hydrogen-bond donors (Lipinski definition) is 1. The van der Waals surface area contributed by atoms with Gasteiger partial charge in [-0.25, -0.2) is 0 Å². The molecule has 0 aromatic carbocycles. The van der Waals surface area contributed by atoms with E-state index in [1.807, 2.05) is 6.07 Å². The van der Waals surface area contributed by atoms with Gasteiger partial charge in [-0.15, -0.1) is 0 Å². The van der Waals surface area contributed by atoms with Crippen molar-refractivity contribution in [2.75, 3.05) is 33.9 Å². The zero-order valence-corrected chi connectivity index (χ0v) is 11.3. The lowest BCUT2D eigenvalue weighted by atomic mass is 10.2. The van der Waals surface area contributed by atoms with Crippen LogP contribution in [0.15, 0.2) is 12.3 Å². The highest BCUT2D eigenvalue weighted by Gasteiger charge is 2.21. The summed E-state index contributed by atoms with van der Waals surface area (Å²) >= 11 is 0. The molecule has 0 saturated carbocycles. The third kappa shape index (κ3) is 2.73. The molecule has 1 aliphatic rings. The van der Waals surface area contributed by atoms with Crippen LogP contribution >= 0.6 is 0 Å². The van der Waals surface area contributed by atoms with Crippen LogP contribution in [0.5, 0.6) is 11.5 Å². The fourth-order valence-electron chi connectivity index (χ4n) is 2.27. The van der Waals surface area contributed by atoms with Crippen molar-refractivity contribution in [1.29, 1.82) is 0 Å². The van der Waals surface area contributed by atoms with Gasteiger partial charge in [-0.05, 0) is 6.92 Å². The first-order valence-corrected chi connectivity index (χ1v) is 6.27. The number of methoxy groups -OCH3 is 2. The Balaban J connectivity index is 2.17. The number of ether oxygens (including phenoxy) is 2. The molecular formula is C13H21N3O2. The highest BCUT2D eigenvalue weighted by molar-refractivity contribution is 5.42. The van der Waals surface area contributed by atoms with E-state index in [9.17, 15) is 0 Å². The summed E-state index contributed by atoms with van der Waals surface area (Å²) in [6.45, 7) is 6.09. The minimum absolute atomic E-state index is 0.511. The summed E-state index contributed by atoms with van der Waals surface area (Å²) in [6, 6.07) is 2.33. The van der Waals surface area contributed by atoms with E-state index in [0.717, 1.165) is 43.4 Å². The molecule has 1 aliphatic heterocycles. The molecule has 1 aromatic heterocycles. The molecule has 1 fully saturated rings. The molecule has 0 radical (unpaired) electrons. The van der Waals surface area contributed by atoms with E-state index in [0.29, 0.717) is 6.04 Å². The molecule has 18 heavy (non-hydrogen) atoms. The van der Waals surface area contributed by atoms with Crippen molar-refractivity contribution < 1.29 is 9.47 Å². The average Bonchev–Trinajstić information content (AvgIpc) is 2.41. The van der Waals surface area contributed by atoms with Gasteiger partial charge in [-0.2, -0.15) is 0 Å². The molecule has 0 unspecified atom stereocenters. The summed E-state index contributed by atoms with van der Waals surface area (Å²) in [5.74, 6) is 1.48. The van der Waals surface area contributed by atoms with Crippen molar-refractivity contribution in [2.45, 2.75) is 19.5 Å². The van der Waals surface area contributed by atoms with E-state index in [2.05, 4.69) is 22.1 Å². The molecule has 5 nitrogen and oxygen atoms in total. The van der Waals surface area contributed by atoms with Crippen LogP contribution in [-0.4, -0.2) is 49.8 Å². The van der Waals surface area contributed by atoms with Gasteiger partial charge in [0, 0.05) is 44.5 Å². The number of piperazine rings is 1. The third-order valence-electron chi connectivity index (χ3n) is 3.36. The summed E-state index contributed by atoms with van der Waals surface area (Å²) in [7, 11) is 3.30. The minimum atomic E-state index is 0.511. The molecule has 2 rings (SSSR count). The van der Waals surface area contributed by atoms with Crippen LogP contribution in [0.1, 0.15) is 12.6 Å². The normalized spacial score (nSPS) is 20.7. The van der Waals surface area contributed by atoms with E-state index in [1.54, 1.807) is 20.4 Å². The fourth-order valence-corrected chi connectivity index (χ4v) is 2.27. The molecule has 0 spiro atoms. The Morgan fingerprint density at radius 1 is 1.44 bits per heavy atom. The van der Waals surface area contributed by atoms with Gasteiger partial charge in [-0.3, -0.25) is 9.88 Å². The third-order valence-corrected chi connectivity index (χ3v) is 3.36. The number of rotatable bonds is 4. The number of hydrogen-bond acceptors (Lipinski definition) is 5. The Kier molecular flexibility index (Phi) is 4.38. The molecule has 1 N–H and O–H groups in total.